The zero-order valence-electron chi connectivity index (χ0n) is 15.5. The van der Waals surface area contributed by atoms with Gasteiger partial charge < -0.3 is 15.2 Å². The van der Waals surface area contributed by atoms with Gasteiger partial charge >= 0.3 is 5.97 Å². The molecule has 154 valence electrons. The molecular formula is C19H15ClN4O6. The Kier molecular flexibility index (Phi) is 5.98. The lowest BCUT2D eigenvalue weighted by molar-refractivity contribution is -0.384. The first-order valence-electron chi connectivity index (χ1n) is 8.55. The molecule has 0 aliphatic rings. The molecule has 2 aromatic carbocycles. The fourth-order valence-corrected chi connectivity index (χ4v) is 2.57. The summed E-state index contributed by atoms with van der Waals surface area (Å²) in [5.74, 6) is -1.23. The fraction of sp³-hybridized carbons (Fsp3) is 0.105. The first-order valence-corrected chi connectivity index (χ1v) is 8.93. The van der Waals surface area contributed by atoms with Crippen molar-refractivity contribution < 1.29 is 24.4 Å². The number of rotatable bonds is 7. The number of ether oxygens (including phenoxy) is 1. The van der Waals surface area contributed by atoms with Crippen molar-refractivity contribution in [1.82, 2.24) is 9.78 Å². The number of nitrogens with zero attached hydrogens (tertiary/aromatic N) is 3. The van der Waals surface area contributed by atoms with Gasteiger partial charge in [-0.05, 0) is 37.3 Å². The molecule has 11 heteroatoms. The van der Waals surface area contributed by atoms with Gasteiger partial charge in [0.25, 0.3) is 11.6 Å². The zero-order valence-corrected chi connectivity index (χ0v) is 16.2. The van der Waals surface area contributed by atoms with Crippen LogP contribution >= 0.6 is 11.6 Å². The summed E-state index contributed by atoms with van der Waals surface area (Å²) in [6.07, 6.45) is 1.36. The Morgan fingerprint density at radius 3 is 2.53 bits per heavy atom. The number of benzene rings is 2. The first-order chi connectivity index (χ1) is 14.2. The average molecular weight is 431 g/mol. The van der Waals surface area contributed by atoms with Crippen molar-refractivity contribution in [2.24, 2.45) is 0 Å². The van der Waals surface area contributed by atoms with Crippen molar-refractivity contribution >= 4 is 34.9 Å². The van der Waals surface area contributed by atoms with Gasteiger partial charge in [0, 0.05) is 23.4 Å². The van der Waals surface area contributed by atoms with Crippen LogP contribution in [-0.4, -0.2) is 31.7 Å². The van der Waals surface area contributed by atoms with Gasteiger partial charge in [-0.25, -0.2) is 4.79 Å². The van der Waals surface area contributed by atoms with Crippen molar-refractivity contribution in [2.45, 2.75) is 13.0 Å². The fourth-order valence-electron chi connectivity index (χ4n) is 2.44. The number of carboxylic acids is 1. The number of non-ortho nitro benzene ring substituents is 1. The predicted octanol–water partition coefficient (Wildman–Crippen LogP) is 4.13. The van der Waals surface area contributed by atoms with E-state index in [0.29, 0.717) is 10.8 Å². The molecule has 2 N–H and O–H groups in total. The molecule has 0 aliphatic carbocycles. The van der Waals surface area contributed by atoms with Gasteiger partial charge in [-0.1, -0.05) is 11.6 Å². The van der Waals surface area contributed by atoms with Crippen LogP contribution in [0.5, 0.6) is 11.5 Å². The zero-order chi connectivity index (χ0) is 21.8. The summed E-state index contributed by atoms with van der Waals surface area (Å²) >= 11 is 5.83. The minimum atomic E-state index is -1.10. The third-order valence-electron chi connectivity index (χ3n) is 4.00. The highest BCUT2D eigenvalue weighted by Crippen LogP contribution is 2.30. The van der Waals surface area contributed by atoms with Crippen LogP contribution in [0, 0.1) is 10.1 Å². The summed E-state index contributed by atoms with van der Waals surface area (Å²) in [6.45, 7) is 1.41. The summed E-state index contributed by atoms with van der Waals surface area (Å²) in [5, 5.41) is 27.2. The molecule has 0 aliphatic heterocycles. The van der Waals surface area contributed by atoms with Crippen LogP contribution in [0.2, 0.25) is 5.02 Å². The number of carboxylic acid groups (broad SMARTS) is 1. The molecule has 10 nitrogen and oxygen atoms in total. The normalized spacial score (nSPS) is 11.5. The Morgan fingerprint density at radius 1 is 1.20 bits per heavy atom. The maximum Gasteiger partial charge on any atom is 0.328 e. The second-order valence-corrected chi connectivity index (χ2v) is 6.61. The summed E-state index contributed by atoms with van der Waals surface area (Å²) in [7, 11) is 0. The van der Waals surface area contributed by atoms with Gasteiger partial charge in [-0.15, -0.1) is 0 Å². The number of nitro benzene ring substituents is 1. The van der Waals surface area contributed by atoms with Crippen LogP contribution in [0.3, 0.4) is 0 Å². The standard InChI is InChI=1S/C19H15ClN4O6/c1-11(19(26)27)23-7-6-17(22-23)18(25)21-13-8-14(24(28)29)10-16(9-13)30-15-4-2-12(20)3-5-15/h2-11H,1H3,(H,21,25)(H,26,27). The van der Waals surface area contributed by atoms with Crippen molar-refractivity contribution in [3.8, 4) is 11.5 Å². The van der Waals surface area contributed by atoms with E-state index >= 15 is 0 Å². The Bertz CT molecular complexity index is 1110. The molecule has 0 saturated heterocycles. The van der Waals surface area contributed by atoms with E-state index in [9.17, 15) is 19.7 Å². The number of amides is 1. The second-order valence-electron chi connectivity index (χ2n) is 6.18. The van der Waals surface area contributed by atoms with Gasteiger partial charge in [-0.2, -0.15) is 5.10 Å². The Morgan fingerprint density at radius 2 is 1.90 bits per heavy atom. The van der Waals surface area contributed by atoms with Crippen molar-refractivity contribution in [3.05, 3.63) is 75.6 Å². The van der Waals surface area contributed by atoms with E-state index < -0.39 is 22.8 Å². The summed E-state index contributed by atoms with van der Waals surface area (Å²) in [6, 6.07) is 10.6. The van der Waals surface area contributed by atoms with E-state index in [1.165, 1.54) is 37.4 Å². The molecule has 0 bridgehead atoms. The lowest BCUT2D eigenvalue weighted by atomic mass is 10.2. The summed E-state index contributed by atoms with van der Waals surface area (Å²) in [4.78, 5) is 34.1. The number of hydrogen-bond acceptors (Lipinski definition) is 6. The van der Waals surface area contributed by atoms with Crippen LogP contribution in [0.1, 0.15) is 23.5 Å². The quantitative estimate of drug-likeness (QED) is 0.424. The van der Waals surface area contributed by atoms with Gasteiger partial charge in [0.2, 0.25) is 0 Å². The molecule has 3 rings (SSSR count). The highest BCUT2D eigenvalue weighted by Gasteiger charge is 2.18. The van der Waals surface area contributed by atoms with Crippen LogP contribution in [0.15, 0.2) is 54.7 Å². The molecule has 1 atom stereocenters. The number of nitro groups is 1. The second kappa shape index (κ2) is 8.62. The SMILES string of the molecule is CC(C(=O)O)n1ccc(C(=O)Nc2cc(Oc3ccc(Cl)cc3)cc([N+](=O)[O-])c2)n1. The van der Waals surface area contributed by atoms with Crippen LogP contribution in [-0.2, 0) is 4.79 Å². The molecule has 1 heterocycles. The van der Waals surface area contributed by atoms with Gasteiger partial charge in [0.05, 0.1) is 16.7 Å². The van der Waals surface area contributed by atoms with E-state index in [-0.39, 0.29) is 22.8 Å². The third kappa shape index (κ3) is 4.92. The Labute approximate surface area is 174 Å². The van der Waals surface area contributed by atoms with E-state index in [4.69, 9.17) is 21.4 Å². The molecule has 1 unspecified atom stereocenters. The third-order valence-corrected chi connectivity index (χ3v) is 4.26. The molecule has 1 aromatic heterocycles. The monoisotopic (exact) mass is 430 g/mol. The minimum absolute atomic E-state index is 0.0465. The lowest BCUT2D eigenvalue weighted by Crippen LogP contribution is -2.18. The highest BCUT2D eigenvalue weighted by atomic mass is 35.5. The number of nitrogens with one attached hydrogen (secondary N) is 1. The molecule has 30 heavy (non-hydrogen) atoms. The smallest absolute Gasteiger partial charge is 0.328 e. The van der Waals surface area contributed by atoms with Crippen molar-refractivity contribution in [3.63, 3.8) is 0 Å². The van der Waals surface area contributed by atoms with E-state index in [0.717, 1.165) is 4.68 Å². The Balaban J connectivity index is 1.83. The molecule has 0 spiro atoms. The minimum Gasteiger partial charge on any atom is -0.480 e. The van der Waals surface area contributed by atoms with Crippen LogP contribution in [0.25, 0.3) is 0 Å². The van der Waals surface area contributed by atoms with E-state index in [1.54, 1.807) is 24.3 Å². The lowest BCUT2D eigenvalue weighted by Gasteiger charge is -2.09. The average Bonchev–Trinajstić information content (AvgIpc) is 3.19. The van der Waals surface area contributed by atoms with Gasteiger partial charge in [-0.3, -0.25) is 19.6 Å². The maximum atomic E-state index is 12.4. The van der Waals surface area contributed by atoms with Crippen molar-refractivity contribution in [1.29, 1.82) is 0 Å². The maximum absolute atomic E-state index is 12.4. The topological polar surface area (TPSA) is 137 Å². The summed E-state index contributed by atoms with van der Waals surface area (Å²) in [5.41, 5.74) is -0.226. The summed E-state index contributed by atoms with van der Waals surface area (Å²) < 4.78 is 6.74. The number of carbonyl (C=O) groups excluding carboxylic acids is 1. The first kappa shape index (κ1) is 20.8. The molecule has 0 radical (unpaired) electrons. The number of hydrogen-bond donors (Lipinski definition) is 2. The van der Waals surface area contributed by atoms with Gasteiger partial charge in [0.15, 0.2) is 5.69 Å². The highest BCUT2D eigenvalue weighted by molar-refractivity contribution is 6.30. The number of anilines is 1. The van der Waals surface area contributed by atoms with E-state index in [2.05, 4.69) is 10.4 Å². The van der Waals surface area contributed by atoms with Crippen LogP contribution in [0.4, 0.5) is 11.4 Å². The van der Waals surface area contributed by atoms with Gasteiger partial charge in [0.1, 0.15) is 17.5 Å². The largest absolute Gasteiger partial charge is 0.480 e. The Hall–Kier alpha value is -3.92. The molecule has 3 aromatic rings. The predicted molar refractivity (Wildman–Crippen MR) is 107 cm³/mol. The molecule has 1 amide bonds. The molecule has 0 saturated carbocycles. The molecule has 0 fully saturated rings. The van der Waals surface area contributed by atoms with Crippen LogP contribution < -0.4 is 10.1 Å². The van der Waals surface area contributed by atoms with Crippen molar-refractivity contribution in [2.75, 3.05) is 5.32 Å². The van der Waals surface area contributed by atoms with E-state index in [1.807, 2.05) is 0 Å². The number of halogens is 1. The molecular weight excluding hydrogens is 416 g/mol. The number of aromatic nitrogens is 2. The number of aliphatic carboxylic acids is 1. The number of carbonyl (C=O) groups is 2.